The van der Waals surface area contributed by atoms with Crippen LogP contribution >= 0.6 is 24.4 Å². The molecule has 0 rings (SSSR count). The van der Waals surface area contributed by atoms with Crippen molar-refractivity contribution in [1.82, 2.24) is 0 Å². The van der Waals surface area contributed by atoms with Crippen molar-refractivity contribution in [2.45, 2.75) is 47.8 Å². The van der Waals surface area contributed by atoms with Crippen LogP contribution in [0.4, 0.5) is 0 Å². The zero-order valence-corrected chi connectivity index (χ0v) is 13.1. The van der Waals surface area contributed by atoms with Gasteiger partial charge in [0.15, 0.2) is 0 Å². The molecule has 0 aliphatic heterocycles. The average Bonchev–Trinajstić information content (AvgIpc) is 1.97. The molecule has 68 valence electrons. The fraction of sp³-hybridized carbons (Fsp3) is 1.00. The van der Waals surface area contributed by atoms with Gasteiger partial charge in [0.25, 0.3) is 0 Å². The summed E-state index contributed by atoms with van der Waals surface area (Å²) in [5.74, 6) is 0. The van der Waals surface area contributed by atoms with Crippen LogP contribution in [0.25, 0.3) is 0 Å². The predicted octanol–water partition coefficient (Wildman–Crippen LogP) is 5.20. The monoisotopic (exact) mass is 362 g/mol. The van der Waals surface area contributed by atoms with Gasteiger partial charge >= 0.3 is 87.8 Å². The van der Waals surface area contributed by atoms with Crippen LogP contribution in [0, 0.1) is 0 Å². The fourth-order valence-electron chi connectivity index (χ4n) is 0.996. The predicted molar refractivity (Wildman–Crippen MR) is 57.3 cm³/mol. The van der Waals surface area contributed by atoms with E-state index in [1.54, 1.807) is 0 Å². The third-order valence-electron chi connectivity index (χ3n) is 1.79. The molecule has 0 fully saturated rings. The first-order valence-electron chi connectivity index (χ1n) is 4.50. The first-order chi connectivity index (χ1) is 5.12. The molecule has 0 aliphatic carbocycles. The summed E-state index contributed by atoms with van der Waals surface area (Å²) >= 11 is 6.01. The van der Waals surface area contributed by atoms with E-state index in [-0.39, 0.29) is 0 Å². The molecular formula is C8H18Br2Zr. The number of hydrogen-bond acceptors (Lipinski definition) is 0. The van der Waals surface area contributed by atoms with Crippen molar-refractivity contribution >= 4 is 24.4 Å². The van der Waals surface area contributed by atoms with E-state index in [0.29, 0.717) is 0 Å². The van der Waals surface area contributed by atoms with Gasteiger partial charge in [-0.15, -0.1) is 0 Å². The summed E-state index contributed by atoms with van der Waals surface area (Å²) in [4.78, 5) is 0. The van der Waals surface area contributed by atoms with E-state index >= 15 is 0 Å². The van der Waals surface area contributed by atoms with Crippen molar-refractivity contribution in [2.24, 2.45) is 0 Å². The molecular weight excluding hydrogens is 347 g/mol. The van der Waals surface area contributed by atoms with Crippen LogP contribution in [0.5, 0.6) is 0 Å². The Morgan fingerprint density at radius 3 is 1.55 bits per heavy atom. The number of unbranched alkanes of at least 4 members (excludes halogenated alkanes) is 2. The van der Waals surface area contributed by atoms with Crippen LogP contribution in [0.15, 0.2) is 0 Å². The number of rotatable bonds is 6. The quantitative estimate of drug-likeness (QED) is 0.607. The van der Waals surface area contributed by atoms with E-state index < -0.39 is 15.6 Å². The van der Waals surface area contributed by atoms with Gasteiger partial charge in [-0.3, -0.25) is 0 Å². The van der Waals surface area contributed by atoms with Crippen LogP contribution in [-0.2, 0) is 15.6 Å². The van der Waals surface area contributed by atoms with E-state index in [4.69, 9.17) is 0 Å². The van der Waals surface area contributed by atoms with Gasteiger partial charge in [-0.2, -0.15) is 0 Å². The van der Waals surface area contributed by atoms with Gasteiger partial charge in [-0.1, -0.05) is 0 Å². The van der Waals surface area contributed by atoms with E-state index in [1.807, 2.05) is 0 Å². The van der Waals surface area contributed by atoms with E-state index in [9.17, 15) is 0 Å². The van der Waals surface area contributed by atoms with Gasteiger partial charge in [0.1, 0.15) is 0 Å². The molecule has 0 aromatic carbocycles. The third-order valence-corrected chi connectivity index (χ3v) is 16.5. The summed E-state index contributed by atoms with van der Waals surface area (Å²) in [6.07, 6.45) is 5.47. The van der Waals surface area contributed by atoms with Gasteiger partial charge in [-0.05, 0) is 0 Å². The van der Waals surface area contributed by atoms with Crippen molar-refractivity contribution in [2.75, 3.05) is 0 Å². The topological polar surface area (TPSA) is 0 Å². The molecule has 0 amide bonds. The van der Waals surface area contributed by atoms with E-state index in [2.05, 4.69) is 38.3 Å². The van der Waals surface area contributed by atoms with Crippen LogP contribution in [0.2, 0.25) is 8.26 Å². The maximum atomic E-state index is 3.91. The Morgan fingerprint density at radius 2 is 1.27 bits per heavy atom. The van der Waals surface area contributed by atoms with Gasteiger partial charge in [-0.25, -0.2) is 0 Å². The maximum absolute atomic E-state index is 3.91. The van der Waals surface area contributed by atoms with Crippen molar-refractivity contribution in [1.29, 1.82) is 0 Å². The van der Waals surface area contributed by atoms with E-state index in [1.165, 1.54) is 33.9 Å². The molecule has 11 heavy (non-hydrogen) atoms. The molecule has 0 saturated carbocycles. The third kappa shape index (κ3) is 8.18. The van der Waals surface area contributed by atoms with Gasteiger partial charge in [0.2, 0.25) is 0 Å². The Hall–Kier alpha value is 1.84. The van der Waals surface area contributed by atoms with Crippen LogP contribution < -0.4 is 0 Å². The van der Waals surface area contributed by atoms with Gasteiger partial charge < -0.3 is 0 Å². The molecule has 0 radical (unpaired) electrons. The Morgan fingerprint density at radius 1 is 0.909 bits per heavy atom. The second-order valence-electron chi connectivity index (χ2n) is 3.06. The molecule has 0 bridgehead atoms. The molecule has 3 heteroatoms. The molecule has 0 heterocycles. The van der Waals surface area contributed by atoms with Crippen LogP contribution in [0.3, 0.4) is 0 Å². The van der Waals surface area contributed by atoms with Crippen molar-refractivity contribution in [3.05, 3.63) is 0 Å². The van der Waals surface area contributed by atoms with Gasteiger partial charge in [0.05, 0.1) is 0 Å². The summed E-state index contributed by atoms with van der Waals surface area (Å²) in [7, 11) is 0. The molecule has 0 aliphatic rings. The van der Waals surface area contributed by atoms with E-state index in [0.717, 1.165) is 0 Å². The second kappa shape index (κ2) is 7.27. The molecule has 0 aromatic heterocycles. The molecule has 0 saturated heterocycles. The zero-order chi connectivity index (χ0) is 8.74. The summed E-state index contributed by atoms with van der Waals surface area (Å²) in [5.41, 5.74) is 0. The second-order valence-corrected chi connectivity index (χ2v) is 34.0. The SMILES string of the molecule is CCC[CH2][Zr]([Br])([Br])[CH2]CCC. The number of halogens is 2. The van der Waals surface area contributed by atoms with Crippen LogP contribution in [-0.4, -0.2) is 0 Å². The van der Waals surface area contributed by atoms with Crippen LogP contribution in [0.1, 0.15) is 39.5 Å². The first-order valence-corrected chi connectivity index (χ1v) is 19.2. The molecule has 0 aromatic rings. The Balaban J connectivity index is 3.43. The first kappa shape index (κ1) is 12.8. The van der Waals surface area contributed by atoms with Crippen molar-refractivity contribution in [3.63, 3.8) is 0 Å². The Labute approximate surface area is 86.8 Å². The zero-order valence-electron chi connectivity index (χ0n) is 7.50. The molecule has 0 N–H and O–H groups in total. The Bertz CT molecular complexity index is 84.1. The molecule has 0 atom stereocenters. The normalized spacial score (nSPS) is 12.0. The summed E-state index contributed by atoms with van der Waals surface area (Å²) in [6, 6.07) is 0. The summed E-state index contributed by atoms with van der Waals surface area (Å²) in [5, 5.41) is 0. The fourth-order valence-corrected chi connectivity index (χ4v) is 12.5. The average molecular weight is 365 g/mol. The number of hydrogen-bond donors (Lipinski definition) is 0. The summed E-state index contributed by atoms with van der Waals surface area (Å²) < 4.78 is 2.90. The standard InChI is InChI=1S/2C4H9.2BrH.Zr/c2*1-3-4-2;;;/h2*1,3-4H2,2H3;2*1H;/q;;;;+2/p-2. The minimum atomic E-state index is -1.81. The molecule has 0 spiro atoms. The van der Waals surface area contributed by atoms with Crippen molar-refractivity contribution in [3.8, 4) is 0 Å². The Kier molecular flexibility index (Phi) is 8.48. The molecule has 0 unspecified atom stereocenters. The van der Waals surface area contributed by atoms with Crippen molar-refractivity contribution < 1.29 is 15.6 Å². The van der Waals surface area contributed by atoms with Gasteiger partial charge in [0, 0.05) is 0 Å². The summed E-state index contributed by atoms with van der Waals surface area (Å²) in [6.45, 7) is 4.53. The minimum absolute atomic E-state index is 1.34. The molecule has 0 nitrogen and oxygen atoms in total.